The van der Waals surface area contributed by atoms with Crippen molar-refractivity contribution in [3.8, 4) is 0 Å². The van der Waals surface area contributed by atoms with Crippen molar-refractivity contribution in [1.29, 1.82) is 0 Å². The average molecular weight is 188 g/mol. The second-order valence-corrected chi connectivity index (χ2v) is 3.17. The van der Waals surface area contributed by atoms with Crippen molar-refractivity contribution in [2.24, 2.45) is 0 Å². The highest BCUT2D eigenvalue weighted by atomic mass is 16.4. The van der Waals surface area contributed by atoms with Gasteiger partial charge in [0.15, 0.2) is 0 Å². The molecule has 2 heteroatoms. The molecule has 0 aliphatic rings. The van der Waals surface area contributed by atoms with E-state index in [0.717, 1.165) is 5.57 Å². The van der Waals surface area contributed by atoms with Gasteiger partial charge in [0, 0.05) is 0 Å². The van der Waals surface area contributed by atoms with Crippen molar-refractivity contribution in [3.05, 3.63) is 47.2 Å². The molecule has 0 spiro atoms. The van der Waals surface area contributed by atoms with Crippen molar-refractivity contribution in [2.45, 2.75) is 13.8 Å². The minimum atomic E-state index is -0.947. The van der Waals surface area contributed by atoms with Gasteiger partial charge in [0.1, 0.15) is 5.57 Å². The number of benzene rings is 1. The van der Waals surface area contributed by atoms with Gasteiger partial charge in [0.05, 0.1) is 0 Å². The molecule has 0 bridgehead atoms. The summed E-state index contributed by atoms with van der Waals surface area (Å²) in [5, 5.41) is 8.96. The van der Waals surface area contributed by atoms with Crippen LogP contribution in [0.3, 0.4) is 0 Å². The molecule has 0 aliphatic heterocycles. The Morgan fingerprint density at radius 3 is 2.21 bits per heavy atom. The predicted molar refractivity (Wildman–Crippen MR) is 55.9 cm³/mol. The summed E-state index contributed by atoms with van der Waals surface area (Å²) >= 11 is 0. The van der Waals surface area contributed by atoms with Gasteiger partial charge in [-0.25, -0.2) is 4.79 Å². The zero-order valence-electron chi connectivity index (χ0n) is 8.24. The molecule has 0 unspecified atom stereocenters. The van der Waals surface area contributed by atoms with Gasteiger partial charge in [-0.05, 0) is 25.0 Å². The second kappa shape index (κ2) is 4.45. The lowest BCUT2D eigenvalue weighted by molar-refractivity contribution is -0.130. The van der Waals surface area contributed by atoms with E-state index in [1.807, 2.05) is 32.0 Å². The average Bonchev–Trinajstić information content (AvgIpc) is 2.15. The summed E-state index contributed by atoms with van der Waals surface area (Å²) in [5.74, 6) is -0.947. The second-order valence-electron chi connectivity index (χ2n) is 3.17. The van der Waals surface area contributed by atoms with Crippen LogP contribution in [-0.4, -0.2) is 11.1 Å². The minimum absolute atomic E-state index is 0.214. The molecular weight excluding hydrogens is 176 g/mol. The van der Waals surface area contributed by atoms with Crippen LogP contribution < -0.4 is 0 Å². The maximum absolute atomic E-state index is 10.9. The SMILES string of the molecule is CC(C)=C=C(C(=O)O)c1ccccc1. The minimum Gasteiger partial charge on any atom is -0.477 e. The molecule has 0 aliphatic carbocycles. The van der Waals surface area contributed by atoms with Crippen LogP contribution in [0.4, 0.5) is 0 Å². The lowest BCUT2D eigenvalue weighted by atomic mass is 10.1. The van der Waals surface area contributed by atoms with Crippen molar-refractivity contribution in [3.63, 3.8) is 0 Å². The maximum Gasteiger partial charge on any atom is 0.344 e. The van der Waals surface area contributed by atoms with Gasteiger partial charge < -0.3 is 5.11 Å². The van der Waals surface area contributed by atoms with Crippen LogP contribution in [0, 0.1) is 0 Å². The molecule has 2 nitrogen and oxygen atoms in total. The molecule has 1 N–H and O–H groups in total. The van der Waals surface area contributed by atoms with Crippen molar-refractivity contribution in [1.82, 2.24) is 0 Å². The molecule has 0 atom stereocenters. The highest BCUT2D eigenvalue weighted by Crippen LogP contribution is 2.13. The van der Waals surface area contributed by atoms with Crippen molar-refractivity contribution in [2.75, 3.05) is 0 Å². The van der Waals surface area contributed by atoms with Crippen LogP contribution >= 0.6 is 0 Å². The number of hydrogen-bond acceptors (Lipinski definition) is 1. The first kappa shape index (κ1) is 10.3. The van der Waals surface area contributed by atoms with Gasteiger partial charge >= 0.3 is 5.97 Å². The van der Waals surface area contributed by atoms with E-state index in [9.17, 15) is 4.79 Å². The van der Waals surface area contributed by atoms with E-state index in [2.05, 4.69) is 5.73 Å². The zero-order chi connectivity index (χ0) is 10.6. The maximum atomic E-state index is 10.9. The molecule has 0 saturated heterocycles. The number of hydrogen-bond donors (Lipinski definition) is 1. The van der Waals surface area contributed by atoms with E-state index in [-0.39, 0.29) is 5.57 Å². The summed E-state index contributed by atoms with van der Waals surface area (Å²) in [6.07, 6.45) is 0. The van der Waals surface area contributed by atoms with Gasteiger partial charge in [0.25, 0.3) is 0 Å². The fraction of sp³-hybridized carbons (Fsp3) is 0.167. The molecule has 0 saturated carbocycles. The van der Waals surface area contributed by atoms with Crippen LogP contribution in [0.5, 0.6) is 0 Å². The predicted octanol–water partition coefficient (Wildman–Crippen LogP) is 2.72. The molecule has 1 aromatic rings. The summed E-state index contributed by atoms with van der Waals surface area (Å²) in [6, 6.07) is 9.00. The van der Waals surface area contributed by atoms with Crippen LogP contribution in [0.15, 0.2) is 41.6 Å². The lowest BCUT2D eigenvalue weighted by Gasteiger charge is -1.98. The normalized spacial score (nSPS) is 9.00. The van der Waals surface area contributed by atoms with Gasteiger partial charge in [-0.1, -0.05) is 30.3 Å². The number of rotatable bonds is 2. The quantitative estimate of drug-likeness (QED) is 0.572. The Morgan fingerprint density at radius 2 is 1.79 bits per heavy atom. The third-order valence-corrected chi connectivity index (χ3v) is 1.65. The Bertz CT molecular complexity index is 392. The number of carboxylic acids is 1. The van der Waals surface area contributed by atoms with Gasteiger partial charge in [-0.15, -0.1) is 5.73 Å². The monoisotopic (exact) mass is 188 g/mol. The Balaban J connectivity index is 3.29. The summed E-state index contributed by atoms with van der Waals surface area (Å²) < 4.78 is 0. The summed E-state index contributed by atoms with van der Waals surface area (Å²) in [7, 11) is 0. The Labute approximate surface area is 83.2 Å². The van der Waals surface area contributed by atoms with E-state index in [4.69, 9.17) is 5.11 Å². The van der Waals surface area contributed by atoms with Crippen LogP contribution in [0.25, 0.3) is 5.57 Å². The van der Waals surface area contributed by atoms with E-state index < -0.39 is 5.97 Å². The van der Waals surface area contributed by atoms with Crippen LogP contribution in [0.2, 0.25) is 0 Å². The fourth-order valence-corrected chi connectivity index (χ4v) is 1.10. The summed E-state index contributed by atoms with van der Waals surface area (Å²) in [6.45, 7) is 3.65. The highest BCUT2D eigenvalue weighted by Gasteiger charge is 2.08. The van der Waals surface area contributed by atoms with E-state index in [0.29, 0.717) is 5.56 Å². The summed E-state index contributed by atoms with van der Waals surface area (Å²) in [5.41, 5.74) is 4.58. The first-order chi connectivity index (χ1) is 6.61. The summed E-state index contributed by atoms with van der Waals surface area (Å²) in [4.78, 5) is 10.9. The molecule has 14 heavy (non-hydrogen) atoms. The third kappa shape index (κ3) is 2.61. The Kier molecular flexibility index (Phi) is 3.27. The van der Waals surface area contributed by atoms with E-state index in [1.54, 1.807) is 12.1 Å². The topological polar surface area (TPSA) is 37.3 Å². The Morgan fingerprint density at radius 1 is 1.21 bits per heavy atom. The number of carboxylic acid groups (broad SMARTS) is 1. The molecular formula is C12H12O2. The third-order valence-electron chi connectivity index (χ3n) is 1.65. The largest absolute Gasteiger partial charge is 0.477 e. The molecule has 0 heterocycles. The first-order valence-electron chi connectivity index (χ1n) is 4.34. The van der Waals surface area contributed by atoms with Crippen molar-refractivity contribution >= 4 is 11.5 Å². The fourth-order valence-electron chi connectivity index (χ4n) is 1.10. The number of carbonyl (C=O) groups is 1. The van der Waals surface area contributed by atoms with E-state index in [1.165, 1.54) is 0 Å². The molecule has 1 aromatic carbocycles. The van der Waals surface area contributed by atoms with Crippen LogP contribution in [0.1, 0.15) is 19.4 Å². The van der Waals surface area contributed by atoms with Crippen molar-refractivity contribution < 1.29 is 9.90 Å². The lowest BCUT2D eigenvalue weighted by Crippen LogP contribution is -1.98. The van der Waals surface area contributed by atoms with Gasteiger partial charge in [-0.2, -0.15) is 0 Å². The highest BCUT2D eigenvalue weighted by molar-refractivity contribution is 6.15. The zero-order valence-corrected chi connectivity index (χ0v) is 8.24. The first-order valence-corrected chi connectivity index (χ1v) is 4.34. The molecule has 0 fully saturated rings. The standard InChI is InChI=1S/C12H12O2/c1-9(2)8-11(12(13)14)10-6-4-3-5-7-10/h3-7H,1-2H3,(H,13,14). The van der Waals surface area contributed by atoms with Gasteiger partial charge in [0.2, 0.25) is 0 Å². The Hall–Kier alpha value is -1.79. The molecule has 0 amide bonds. The van der Waals surface area contributed by atoms with E-state index >= 15 is 0 Å². The number of aliphatic carboxylic acids is 1. The molecule has 72 valence electrons. The van der Waals surface area contributed by atoms with Gasteiger partial charge in [-0.3, -0.25) is 0 Å². The van der Waals surface area contributed by atoms with Crippen LogP contribution in [-0.2, 0) is 4.79 Å². The molecule has 0 aromatic heterocycles. The smallest absolute Gasteiger partial charge is 0.344 e. The molecule has 1 rings (SSSR count). The molecule has 0 radical (unpaired) electrons.